The molecule has 14 heavy (non-hydrogen) atoms. The van der Waals surface area contributed by atoms with Crippen molar-refractivity contribution in [2.24, 2.45) is 5.41 Å². The fraction of sp³-hybridized carbons (Fsp3) is 0.545. The lowest BCUT2D eigenvalue weighted by atomic mass is 9.69. The van der Waals surface area contributed by atoms with Crippen LogP contribution in [0.15, 0.2) is 23.8 Å². The van der Waals surface area contributed by atoms with Gasteiger partial charge in [0.2, 0.25) is 0 Å². The fourth-order valence-corrected chi connectivity index (χ4v) is 2.94. The molecule has 1 saturated carbocycles. The summed E-state index contributed by atoms with van der Waals surface area (Å²) in [6.07, 6.45) is 9.37. The van der Waals surface area contributed by atoms with Crippen LogP contribution >= 0.6 is 23.2 Å². The molecule has 0 saturated heterocycles. The van der Waals surface area contributed by atoms with Gasteiger partial charge in [-0.25, -0.2) is 0 Å². The normalized spacial score (nSPS) is 31.6. The maximum absolute atomic E-state index is 11.2. The number of allylic oxidation sites excluding steroid dienone is 4. The van der Waals surface area contributed by atoms with Crippen molar-refractivity contribution in [1.82, 2.24) is 0 Å². The molecule has 0 N–H and O–H groups in total. The van der Waals surface area contributed by atoms with E-state index in [1.807, 2.05) is 6.08 Å². The van der Waals surface area contributed by atoms with Crippen molar-refractivity contribution in [2.75, 3.05) is 0 Å². The van der Waals surface area contributed by atoms with Gasteiger partial charge in [-0.1, -0.05) is 18.1 Å². The summed E-state index contributed by atoms with van der Waals surface area (Å²) in [6, 6.07) is 0. The van der Waals surface area contributed by atoms with Gasteiger partial charge in [0.05, 0.1) is 0 Å². The van der Waals surface area contributed by atoms with Crippen LogP contribution in [0, 0.1) is 5.41 Å². The summed E-state index contributed by atoms with van der Waals surface area (Å²) in [5, 5.41) is 0. The van der Waals surface area contributed by atoms with Crippen molar-refractivity contribution in [3.63, 3.8) is 0 Å². The number of carbonyl (C=O) groups is 1. The van der Waals surface area contributed by atoms with Gasteiger partial charge in [0.25, 0.3) is 0 Å². The van der Waals surface area contributed by atoms with E-state index < -0.39 is 4.84 Å². The predicted octanol–water partition coefficient (Wildman–Crippen LogP) is 3.42. The highest BCUT2D eigenvalue weighted by molar-refractivity contribution is 6.45. The molecular formula is C11H12Cl2O. The molecule has 0 spiro atoms. The summed E-state index contributed by atoms with van der Waals surface area (Å²) in [6.45, 7) is 0. The average Bonchev–Trinajstić information content (AvgIpc) is 2.17. The summed E-state index contributed by atoms with van der Waals surface area (Å²) in [4.78, 5) is 10.8. The Morgan fingerprint density at radius 1 is 1.36 bits per heavy atom. The van der Waals surface area contributed by atoms with Crippen LogP contribution in [0.5, 0.6) is 0 Å². The van der Waals surface area contributed by atoms with E-state index in [0.717, 1.165) is 31.3 Å². The average molecular weight is 231 g/mol. The van der Waals surface area contributed by atoms with Crippen molar-refractivity contribution in [2.45, 2.75) is 30.5 Å². The molecule has 1 atom stereocenters. The zero-order chi connectivity index (χ0) is 10.2. The van der Waals surface area contributed by atoms with E-state index in [4.69, 9.17) is 23.2 Å². The SMILES string of the molecule is O=C1C=CC2(C(Cl)Cl)CCCCC2=C1. The number of halogens is 2. The zero-order valence-electron chi connectivity index (χ0n) is 7.80. The van der Waals surface area contributed by atoms with Gasteiger partial charge in [0, 0.05) is 5.41 Å². The van der Waals surface area contributed by atoms with E-state index in [-0.39, 0.29) is 11.2 Å². The second-order valence-electron chi connectivity index (χ2n) is 3.95. The standard InChI is InChI=1S/C11H12Cl2O/c12-10(13)11-5-2-1-3-8(11)7-9(14)4-6-11/h4,6-7,10H,1-3,5H2. The summed E-state index contributed by atoms with van der Waals surface area (Å²) in [5.74, 6) is 0.0616. The topological polar surface area (TPSA) is 17.1 Å². The number of alkyl halides is 2. The lowest BCUT2D eigenvalue weighted by molar-refractivity contribution is -0.110. The second kappa shape index (κ2) is 3.71. The lowest BCUT2D eigenvalue weighted by Gasteiger charge is -2.39. The molecule has 0 aliphatic heterocycles. The van der Waals surface area contributed by atoms with Gasteiger partial charge >= 0.3 is 0 Å². The van der Waals surface area contributed by atoms with Gasteiger partial charge < -0.3 is 0 Å². The van der Waals surface area contributed by atoms with Gasteiger partial charge in [-0.2, -0.15) is 0 Å². The Kier molecular flexibility index (Phi) is 2.72. The van der Waals surface area contributed by atoms with E-state index in [1.165, 1.54) is 0 Å². The summed E-state index contributed by atoms with van der Waals surface area (Å²) >= 11 is 12.1. The zero-order valence-corrected chi connectivity index (χ0v) is 9.31. The molecule has 2 aliphatic carbocycles. The quantitative estimate of drug-likeness (QED) is 0.632. The minimum absolute atomic E-state index is 0.0616. The van der Waals surface area contributed by atoms with E-state index in [2.05, 4.69) is 0 Å². The molecular weight excluding hydrogens is 219 g/mol. The van der Waals surface area contributed by atoms with Crippen molar-refractivity contribution in [1.29, 1.82) is 0 Å². The van der Waals surface area contributed by atoms with Crippen LogP contribution in [0.2, 0.25) is 0 Å². The molecule has 1 fully saturated rings. The first kappa shape index (κ1) is 10.3. The Morgan fingerprint density at radius 3 is 2.86 bits per heavy atom. The van der Waals surface area contributed by atoms with E-state index in [9.17, 15) is 4.79 Å². The molecule has 3 heteroatoms. The summed E-state index contributed by atoms with van der Waals surface area (Å²) < 4.78 is 0. The van der Waals surface area contributed by atoms with Gasteiger partial charge in [-0.3, -0.25) is 4.79 Å². The Labute approximate surface area is 93.8 Å². The monoisotopic (exact) mass is 230 g/mol. The van der Waals surface area contributed by atoms with Gasteiger partial charge in [-0.05, 0) is 31.4 Å². The third-order valence-corrected chi connectivity index (χ3v) is 3.91. The summed E-state index contributed by atoms with van der Waals surface area (Å²) in [7, 11) is 0. The van der Waals surface area contributed by atoms with E-state index in [0.29, 0.717) is 0 Å². The Balaban J connectivity index is 2.39. The van der Waals surface area contributed by atoms with Crippen LogP contribution in [0.4, 0.5) is 0 Å². The smallest absolute Gasteiger partial charge is 0.178 e. The molecule has 0 heterocycles. The number of carbonyl (C=O) groups excluding carboxylic acids is 1. The number of fused-ring (bicyclic) bond motifs is 1. The molecule has 0 aromatic heterocycles. The van der Waals surface area contributed by atoms with Crippen LogP contribution in [0.25, 0.3) is 0 Å². The third-order valence-electron chi connectivity index (χ3n) is 3.14. The second-order valence-corrected chi connectivity index (χ2v) is 5.05. The highest BCUT2D eigenvalue weighted by atomic mass is 35.5. The van der Waals surface area contributed by atoms with Crippen LogP contribution in [0.1, 0.15) is 25.7 Å². The highest BCUT2D eigenvalue weighted by Gasteiger charge is 2.41. The maximum atomic E-state index is 11.2. The molecule has 1 nitrogen and oxygen atoms in total. The molecule has 0 aromatic rings. The van der Waals surface area contributed by atoms with Crippen molar-refractivity contribution in [3.8, 4) is 0 Å². The summed E-state index contributed by atoms with van der Waals surface area (Å²) in [5.41, 5.74) is 0.862. The van der Waals surface area contributed by atoms with Crippen LogP contribution in [0.3, 0.4) is 0 Å². The van der Waals surface area contributed by atoms with Gasteiger partial charge in [0.1, 0.15) is 4.84 Å². The van der Waals surface area contributed by atoms with E-state index >= 15 is 0 Å². The van der Waals surface area contributed by atoms with Gasteiger partial charge in [0.15, 0.2) is 5.78 Å². The van der Waals surface area contributed by atoms with Crippen molar-refractivity contribution >= 4 is 29.0 Å². The molecule has 0 aromatic carbocycles. The number of hydrogen-bond acceptors (Lipinski definition) is 1. The molecule has 2 aliphatic rings. The molecule has 2 rings (SSSR count). The Bertz CT molecular complexity index is 317. The van der Waals surface area contributed by atoms with Crippen LogP contribution in [-0.4, -0.2) is 10.6 Å². The van der Waals surface area contributed by atoms with Crippen molar-refractivity contribution in [3.05, 3.63) is 23.8 Å². The van der Waals surface area contributed by atoms with Crippen LogP contribution in [-0.2, 0) is 4.79 Å². The first-order valence-corrected chi connectivity index (χ1v) is 5.75. The minimum Gasteiger partial charge on any atom is -0.290 e. The van der Waals surface area contributed by atoms with Crippen molar-refractivity contribution < 1.29 is 4.79 Å². The molecule has 76 valence electrons. The van der Waals surface area contributed by atoms with E-state index in [1.54, 1.807) is 12.2 Å². The lowest BCUT2D eigenvalue weighted by Crippen LogP contribution is -2.33. The third kappa shape index (κ3) is 1.53. The first-order valence-electron chi connectivity index (χ1n) is 4.87. The molecule has 1 unspecified atom stereocenters. The first-order chi connectivity index (χ1) is 6.65. The number of rotatable bonds is 1. The molecule has 0 bridgehead atoms. The van der Waals surface area contributed by atoms with Gasteiger partial charge in [-0.15, -0.1) is 23.2 Å². The fourth-order valence-electron chi connectivity index (χ4n) is 2.30. The minimum atomic E-state index is -0.446. The van der Waals surface area contributed by atoms with Crippen LogP contribution < -0.4 is 0 Å². The Hall–Kier alpha value is -0.270. The highest BCUT2D eigenvalue weighted by Crippen LogP contribution is 2.49. The molecule has 0 amide bonds. The maximum Gasteiger partial charge on any atom is 0.178 e. The largest absolute Gasteiger partial charge is 0.290 e. The predicted molar refractivity (Wildman–Crippen MR) is 58.6 cm³/mol. The Morgan fingerprint density at radius 2 is 2.14 bits per heavy atom. The number of hydrogen-bond donors (Lipinski definition) is 0. The number of ketones is 1. The molecule has 0 radical (unpaired) electrons.